The lowest BCUT2D eigenvalue weighted by Crippen LogP contribution is -2.39. The molecule has 1 aromatic carbocycles. The van der Waals surface area contributed by atoms with E-state index in [0.29, 0.717) is 31.0 Å². The molecule has 1 unspecified atom stereocenters. The molecule has 1 saturated heterocycles. The molecule has 1 aliphatic heterocycles. The monoisotopic (exact) mass is 390 g/mol. The molecule has 7 nitrogen and oxygen atoms in total. The summed E-state index contributed by atoms with van der Waals surface area (Å²) >= 11 is 0. The van der Waals surface area contributed by atoms with Crippen molar-refractivity contribution in [3.63, 3.8) is 0 Å². The van der Waals surface area contributed by atoms with E-state index in [1.807, 2.05) is 13.8 Å². The molecule has 1 amide bonds. The maximum Gasteiger partial charge on any atom is 0.253 e. The molecule has 0 aliphatic carbocycles. The predicted molar refractivity (Wildman–Crippen MR) is 103 cm³/mol. The van der Waals surface area contributed by atoms with Gasteiger partial charge in [-0.3, -0.25) is 4.79 Å². The molecule has 1 fully saturated rings. The molecule has 3 rings (SSSR count). The Bertz CT molecular complexity index is 859. The zero-order valence-electron chi connectivity index (χ0n) is 15.8. The fourth-order valence-electron chi connectivity index (χ4n) is 3.52. The highest BCUT2D eigenvalue weighted by Gasteiger charge is 2.35. The van der Waals surface area contributed by atoms with Gasteiger partial charge in [-0.15, -0.1) is 0 Å². The normalized spacial score (nSPS) is 18.4. The molecule has 27 heavy (non-hydrogen) atoms. The number of hydrogen-bond donors (Lipinski definition) is 1. The highest BCUT2D eigenvalue weighted by Crippen LogP contribution is 2.33. The van der Waals surface area contributed by atoms with E-state index in [9.17, 15) is 13.2 Å². The second-order valence-corrected chi connectivity index (χ2v) is 8.49. The number of carbonyl (C=O) groups is 1. The summed E-state index contributed by atoms with van der Waals surface area (Å²) in [6.07, 6.45) is 5.89. The minimum atomic E-state index is -3.66. The quantitative estimate of drug-likeness (QED) is 0.822. The molecule has 2 aromatic rings. The Balaban J connectivity index is 1.87. The lowest BCUT2D eigenvalue weighted by molar-refractivity contribution is 0.0773. The van der Waals surface area contributed by atoms with Crippen molar-refractivity contribution in [1.82, 2.24) is 19.2 Å². The van der Waals surface area contributed by atoms with E-state index in [1.54, 1.807) is 29.4 Å². The average molecular weight is 391 g/mol. The van der Waals surface area contributed by atoms with Gasteiger partial charge in [0.2, 0.25) is 10.0 Å². The standard InChI is InChI=1S/C19H26N4O3S/c1-3-22(4-2)19(24)15-8-10-16(11-9-15)27(25,26)23-14-6-5-7-17(23)18-20-12-13-21-18/h8-13,17H,3-7,14H2,1-2H3,(H,20,21). The van der Waals surface area contributed by atoms with Crippen molar-refractivity contribution in [3.8, 4) is 0 Å². The van der Waals surface area contributed by atoms with Gasteiger partial charge in [-0.05, 0) is 51.0 Å². The zero-order valence-corrected chi connectivity index (χ0v) is 16.6. The van der Waals surface area contributed by atoms with Gasteiger partial charge < -0.3 is 9.88 Å². The lowest BCUT2D eigenvalue weighted by atomic mass is 10.0. The molecule has 1 aliphatic rings. The van der Waals surface area contributed by atoms with Crippen LogP contribution in [0.15, 0.2) is 41.6 Å². The van der Waals surface area contributed by atoms with E-state index in [1.165, 1.54) is 16.4 Å². The number of hydrogen-bond acceptors (Lipinski definition) is 4. The second kappa shape index (κ2) is 8.22. The Morgan fingerprint density at radius 2 is 1.93 bits per heavy atom. The smallest absolute Gasteiger partial charge is 0.253 e. The molecule has 0 saturated carbocycles. The van der Waals surface area contributed by atoms with Crippen molar-refractivity contribution < 1.29 is 13.2 Å². The van der Waals surface area contributed by atoms with Crippen LogP contribution in [0.2, 0.25) is 0 Å². The molecule has 0 spiro atoms. The molecule has 1 N–H and O–H groups in total. The maximum absolute atomic E-state index is 13.2. The second-order valence-electron chi connectivity index (χ2n) is 6.60. The fraction of sp³-hybridized carbons (Fsp3) is 0.474. The summed E-state index contributed by atoms with van der Waals surface area (Å²) in [4.78, 5) is 21.6. The third kappa shape index (κ3) is 3.91. The number of sulfonamides is 1. The van der Waals surface area contributed by atoms with Gasteiger partial charge in [-0.1, -0.05) is 6.42 Å². The Labute approximate surface area is 160 Å². The SMILES string of the molecule is CCN(CC)C(=O)c1ccc(S(=O)(=O)N2CCCCC2c2ncc[nH]2)cc1. The van der Waals surface area contributed by atoms with Gasteiger partial charge in [0.1, 0.15) is 5.82 Å². The van der Waals surface area contributed by atoms with Gasteiger partial charge in [0, 0.05) is 37.6 Å². The summed E-state index contributed by atoms with van der Waals surface area (Å²) in [5, 5.41) is 0. The van der Waals surface area contributed by atoms with Gasteiger partial charge in [0.25, 0.3) is 5.91 Å². The fourth-order valence-corrected chi connectivity index (χ4v) is 5.18. The molecule has 1 atom stereocenters. The first-order valence-electron chi connectivity index (χ1n) is 9.39. The summed E-state index contributed by atoms with van der Waals surface area (Å²) in [5.74, 6) is 0.585. The van der Waals surface area contributed by atoms with Gasteiger partial charge in [-0.2, -0.15) is 4.31 Å². The summed E-state index contributed by atoms with van der Waals surface area (Å²) in [5.41, 5.74) is 0.499. The zero-order chi connectivity index (χ0) is 19.4. The molecular weight excluding hydrogens is 364 g/mol. The van der Waals surface area contributed by atoms with Crippen LogP contribution in [0.3, 0.4) is 0 Å². The van der Waals surface area contributed by atoms with Crippen molar-refractivity contribution in [1.29, 1.82) is 0 Å². The van der Waals surface area contributed by atoms with Gasteiger partial charge in [-0.25, -0.2) is 13.4 Å². The van der Waals surface area contributed by atoms with Crippen molar-refractivity contribution in [2.24, 2.45) is 0 Å². The van der Waals surface area contributed by atoms with Gasteiger partial charge >= 0.3 is 0 Å². The lowest BCUT2D eigenvalue weighted by Gasteiger charge is -2.33. The number of aromatic nitrogens is 2. The van der Waals surface area contributed by atoms with Gasteiger partial charge in [0.15, 0.2) is 0 Å². The van der Waals surface area contributed by atoms with E-state index in [4.69, 9.17) is 0 Å². The first-order valence-corrected chi connectivity index (χ1v) is 10.8. The number of nitrogens with zero attached hydrogens (tertiary/aromatic N) is 3. The molecule has 0 radical (unpaired) electrons. The Morgan fingerprint density at radius 3 is 2.52 bits per heavy atom. The summed E-state index contributed by atoms with van der Waals surface area (Å²) < 4.78 is 27.9. The Hall–Kier alpha value is -2.19. The number of amides is 1. The number of aromatic amines is 1. The third-order valence-corrected chi connectivity index (χ3v) is 6.97. The minimum absolute atomic E-state index is 0.0876. The average Bonchev–Trinajstić information content (AvgIpc) is 3.23. The van der Waals surface area contributed by atoms with Crippen LogP contribution in [0.4, 0.5) is 0 Å². The Morgan fingerprint density at radius 1 is 1.22 bits per heavy atom. The largest absolute Gasteiger partial charge is 0.347 e. The maximum atomic E-state index is 13.2. The highest BCUT2D eigenvalue weighted by molar-refractivity contribution is 7.89. The number of nitrogens with one attached hydrogen (secondary N) is 1. The summed E-state index contributed by atoms with van der Waals surface area (Å²) in [6, 6.07) is 5.97. The third-order valence-electron chi connectivity index (χ3n) is 5.05. The van der Waals surface area contributed by atoms with Crippen molar-refractivity contribution in [2.75, 3.05) is 19.6 Å². The van der Waals surface area contributed by atoms with E-state index < -0.39 is 10.0 Å². The highest BCUT2D eigenvalue weighted by atomic mass is 32.2. The molecule has 1 aromatic heterocycles. The van der Waals surface area contributed by atoms with Crippen molar-refractivity contribution >= 4 is 15.9 Å². The van der Waals surface area contributed by atoms with Crippen LogP contribution in [0.5, 0.6) is 0 Å². The number of carbonyl (C=O) groups excluding carboxylic acids is 1. The molecule has 2 heterocycles. The van der Waals surface area contributed by atoms with Crippen LogP contribution in [-0.4, -0.2) is 53.1 Å². The molecular formula is C19H26N4O3S. The molecule has 146 valence electrons. The summed E-state index contributed by atoms with van der Waals surface area (Å²) in [7, 11) is -3.66. The van der Waals surface area contributed by atoms with E-state index >= 15 is 0 Å². The van der Waals surface area contributed by atoms with E-state index in [-0.39, 0.29) is 16.8 Å². The van der Waals surface area contributed by atoms with Crippen LogP contribution >= 0.6 is 0 Å². The topological polar surface area (TPSA) is 86.4 Å². The predicted octanol–water partition coefficient (Wildman–Crippen LogP) is 2.81. The molecule has 8 heteroatoms. The first-order chi connectivity index (χ1) is 13.0. The van der Waals surface area contributed by atoms with Crippen LogP contribution in [0.25, 0.3) is 0 Å². The van der Waals surface area contributed by atoms with Crippen LogP contribution in [0, 0.1) is 0 Å². The van der Waals surface area contributed by atoms with Crippen LogP contribution in [0.1, 0.15) is 55.3 Å². The van der Waals surface area contributed by atoms with Crippen molar-refractivity contribution in [2.45, 2.75) is 44.0 Å². The first kappa shape index (κ1) is 19.6. The van der Waals surface area contributed by atoms with E-state index in [0.717, 1.165) is 19.3 Å². The number of imidazole rings is 1. The minimum Gasteiger partial charge on any atom is -0.347 e. The van der Waals surface area contributed by atoms with Crippen LogP contribution in [-0.2, 0) is 10.0 Å². The summed E-state index contributed by atoms with van der Waals surface area (Å²) in [6.45, 7) is 5.55. The molecule has 0 bridgehead atoms. The Kier molecular flexibility index (Phi) is 5.96. The number of benzene rings is 1. The number of piperidine rings is 1. The number of rotatable bonds is 6. The van der Waals surface area contributed by atoms with Crippen LogP contribution < -0.4 is 0 Å². The number of H-pyrrole nitrogens is 1. The van der Waals surface area contributed by atoms with E-state index in [2.05, 4.69) is 9.97 Å². The van der Waals surface area contributed by atoms with Gasteiger partial charge in [0.05, 0.1) is 10.9 Å². The van der Waals surface area contributed by atoms with Crippen molar-refractivity contribution in [3.05, 3.63) is 48.0 Å².